The van der Waals surface area contributed by atoms with Gasteiger partial charge in [0.1, 0.15) is 12.1 Å². The first kappa shape index (κ1) is 17.7. The van der Waals surface area contributed by atoms with Gasteiger partial charge in [-0.3, -0.25) is 9.69 Å². The molecule has 0 radical (unpaired) electrons. The van der Waals surface area contributed by atoms with Gasteiger partial charge in [-0.2, -0.15) is 10.1 Å². The Labute approximate surface area is 161 Å². The number of rotatable bonds is 3. The average Bonchev–Trinajstić information content (AvgIpc) is 3.17. The van der Waals surface area contributed by atoms with Gasteiger partial charge < -0.3 is 0 Å². The highest BCUT2D eigenvalue weighted by atomic mass is 35.5. The van der Waals surface area contributed by atoms with Gasteiger partial charge in [0.25, 0.3) is 0 Å². The van der Waals surface area contributed by atoms with E-state index in [9.17, 15) is 9.18 Å². The molecule has 2 atom stereocenters. The molecule has 0 saturated carbocycles. The molecule has 2 heterocycles. The van der Waals surface area contributed by atoms with Gasteiger partial charge in [0.15, 0.2) is 0 Å². The van der Waals surface area contributed by atoms with Crippen LogP contribution in [0, 0.1) is 5.82 Å². The molecule has 2 aromatic carbocycles. The summed E-state index contributed by atoms with van der Waals surface area (Å²) in [5.74, 6) is 0.189. The van der Waals surface area contributed by atoms with E-state index >= 15 is 0 Å². The Bertz CT molecular complexity index is 955. The van der Waals surface area contributed by atoms with E-state index in [1.165, 1.54) is 18.5 Å². The van der Waals surface area contributed by atoms with Gasteiger partial charge in [0.2, 0.25) is 11.9 Å². The third-order valence-corrected chi connectivity index (χ3v) is 5.16. The van der Waals surface area contributed by atoms with Crippen molar-refractivity contribution in [1.29, 1.82) is 0 Å². The van der Waals surface area contributed by atoms with E-state index in [2.05, 4.69) is 10.1 Å². The summed E-state index contributed by atoms with van der Waals surface area (Å²) >= 11 is 6.04. The molecule has 7 heteroatoms. The lowest BCUT2D eigenvalue weighted by atomic mass is 9.92. The Kier molecular flexibility index (Phi) is 4.66. The molecule has 2 unspecified atom stereocenters. The molecule has 138 valence electrons. The average molecular weight is 385 g/mol. The molecule has 0 fully saturated rings. The molecule has 0 spiro atoms. The minimum absolute atomic E-state index is 0.0262. The second-order valence-electron chi connectivity index (χ2n) is 6.49. The maximum atomic E-state index is 13.4. The monoisotopic (exact) mass is 384 g/mol. The molecular weight excluding hydrogens is 367 g/mol. The number of halogens is 2. The predicted octanol–water partition coefficient (Wildman–Crippen LogP) is 4.55. The fraction of sp³-hybridized carbons (Fsp3) is 0.250. The molecule has 0 bridgehead atoms. The number of carbonyl (C=O) groups excluding carboxylic acids is 1. The zero-order valence-electron chi connectivity index (χ0n) is 14.7. The summed E-state index contributed by atoms with van der Waals surface area (Å²) in [6.07, 6.45) is 2.42. The fourth-order valence-electron chi connectivity index (χ4n) is 3.58. The predicted molar refractivity (Wildman–Crippen MR) is 101 cm³/mol. The van der Waals surface area contributed by atoms with Crippen molar-refractivity contribution < 1.29 is 9.18 Å². The maximum absolute atomic E-state index is 13.4. The number of hydrogen-bond donors (Lipinski definition) is 0. The zero-order valence-corrected chi connectivity index (χ0v) is 15.5. The highest BCUT2D eigenvalue weighted by Gasteiger charge is 2.38. The van der Waals surface area contributed by atoms with Crippen molar-refractivity contribution in [3.05, 3.63) is 76.8 Å². The first-order valence-electron chi connectivity index (χ1n) is 8.81. The van der Waals surface area contributed by atoms with Crippen molar-refractivity contribution >= 4 is 23.5 Å². The van der Waals surface area contributed by atoms with Crippen LogP contribution in [0.5, 0.6) is 0 Å². The molecule has 1 aromatic heterocycles. The van der Waals surface area contributed by atoms with E-state index in [1.807, 2.05) is 31.2 Å². The summed E-state index contributed by atoms with van der Waals surface area (Å²) in [7, 11) is 0. The molecule has 0 N–H and O–H groups in total. The first-order valence-corrected chi connectivity index (χ1v) is 9.18. The zero-order chi connectivity index (χ0) is 19.0. The van der Waals surface area contributed by atoms with Crippen LogP contribution >= 0.6 is 11.6 Å². The van der Waals surface area contributed by atoms with E-state index in [4.69, 9.17) is 11.6 Å². The summed E-state index contributed by atoms with van der Waals surface area (Å²) in [6, 6.07) is 13.5. The third-order valence-electron chi connectivity index (χ3n) is 4.90. The molecule has 3 aromatic rings. The molecule has 1 aliphatic heterocycles. The Hall–Kier alpha value is -2.73. The lowest BCUT2D eigenvalue weighted by Gasteiger charge is -2.39. The van der Waals surface area contributed by atoms with Crippen LogP contribution in [-0.2, 0) is 4.79 Å². The number of benzene rings is 2. The van der Waals surface area contributed by atoms with Crippen molar-refractivity contribution in [3.8, 4) is 0 Å². The van der Waals surface area contributed by atoms with E-state index in [0.29, 0.717) is 23.8 Å². The van der Waals surface area contributed by atoms with Crippen molar-refractivity contribution in [2.75, 3.05) is 4.90 Å². The number of anilines is 1. The van der Waals surface area contributed by atoms with Crippen molar-refractivity contribution in [2.45, 2.75) is 31.8 Å². The SMILES string of the molecule is CCC(=O)N1c2ncnn2C(c2ccc(F)cc2)CC1c1ccc(Cl)cc1. The Morgan fingerprint density at radius 3 is 2.41 bits per heavy atom. The topological polar surface area (TPSA) is 51.0 Å². The molecule has 4 rings (SSSR count). The normalized spacial score (nSPS) is 19.0. The molecule has 5 nitrogen and oxygen atoms in total. The van der Waals surface area contributed by atoms with E-state index in [1.54, 1.807) is 21.7 Å². The van der Waals surface area contributed by atoms with Gasteiger partial charge in [0, 0.05) is 11.4 Å². The summed E-state index contributed by atoms with van der Waals surface area (Å²) in [5, 5.41) is 4.98. The molecule has 27 heavy (non-hydrogen) atoms. The molecule has 0 aliphatic carbocycles. The van der Waals surface area contributed by atoms with Crippen molar-refractivity contribution in [1.82, 2.24) is 14.8 Å². The van der Waals surface area contributed by atoms with Gasteiger partial charge in [-0.05, 0) is 41.8 Å². The Balaban J connectivity index is 1.83. The highest BCUT2D eigenvalue weighted by Crippen LogP contribution is 2.42. The van der Waals surface area contributed by atoms with E-state index in [0.717, 1.165) is 11.1 Å². The van der Waals surface area contributed by atoms with Gasteiger partial charge in [-0.25, -0.2) is 9.07 Å². The lowest BCUT2D eigenvalue weighted by molar-refractivity contribution is -0.119. The van der Waals surface area contributed by atoms with Crippen LogP contribution in [0.2, 0.25) is 5.02 Å². The van der Waals surface area contributed by atoms with Crippen molar-refractivity contribution in [2.24, 2.45) is 0 Å². The summed E-state index contributed by atoms with van der Waals surface area (Å²) < 4.78 is 15.1. The Morgan fingerprint density at radius 1 is 1.11 bits per heavy atom. The second kappa shape index (κ2) is 7.12. The van der Waals surface area contributed by atoms with Crippen LogP contribution in [0.15, 0.2) is 54.9 Å². The van der Waals surface area contributed by atoms with Crippen LogP contribution in [0.3, 0.4) is 0 Å². The summed E-state index contributed by atoms with van der Waals surface area (Å²) in [5.41, 5.74) is 1.90. The van der Waals surface area contributed by atoms with Gasteiger partial charge in [-0.15, -0.1) is 0 Å². The van der Waals surface area contributed by atoms with Gasteiger partial charge in [0.05, 0.1) is 12.1 Å². The molecule has 0 saturated heterocycles. The van der Waals surface area contributed by atoms with E-state index < -0.39 is 0 Å². The van der Waals surface area contributed by atoms with Gasteiger partial charge in [-0.1, -0.05) is 42.8 Å². The minimum Gasteiger partial charge on any atom is -0.274 e. The second-order valence-corrected chi connectivity index (χ2v) is 6.93. The largest absolute Gasteiger partial charge is 0.274 e. The number of nitrogens with zero attached hydrogens (tertiary/aromatic N) is 4. The molecule has 1 aliphatic rings. The third kappa shape index (κ3) is 3.21. The van der Waals surface area contributed by atoms with Gasteiger partial charge >= 0.3 is 0 Å². The number of carbonyl (C=O) groups is 1. The molecule has 1 amide bonds. The van der Waals surface area contributed by atoms with Crippen LogP contribution in [0.4, 0.5) is 10.3 Å². The van der Waals surface area contributed by atoms with Crippen LogP contribution in [0.1, 0.15) is 43.0 Å². The minimum atomic E-state index is -0.287. The maximum Gasteiger partial charge on any atom is 0.231 e. The number of fused-ring (bicyclic) bond motifs is 1. The quantitative estimate of drug-likeness (QED) is 0.665. The lowest BCUT2D eigenvalue weighted by Crippen LogP contribution is -2.42. The van der Waals surface area contributed by atoms with E-state index in [-0.39, 0.29) is 23.8 Å². The standard InChI is InChI=1S/C20H18ClFN4O/c1-2-19(27)25-17(13-3-7-15(21)8-4-13)11-18(26-20(25)23-12-24-26)14-5-9-16(22)10-6-14/h3-10,12,17-18H,2,11H2,1H3. The number of hydrogen-bond acceptors (Lipinski definition) is 3. The first-order chi connectivity index (χ1) is 13.1. The summed E-state index contributed by atoms with van der Waals surface area (Å²) in [6.45, 7) is 1.83. The number of aromatic nitrogens is 3. The Morgan fingerprint density at radius 2 is 1.74 bits per heavy atom. The van der Waals surface area contributed by atoms with Crippen LogP contribution < -0.4 is 4.90 Å². The van der Waals surface area contributed by atoms with Crippen LogP contribution in [-0.4, -0.2) is 20.7 Å². The number of amides is 1. The van der Waals surface area contributed by atoms with Crippen LogP contribution in [0.25, 0.3) is 0 Å². The highest BCUT2D eigenvalue weighted by molar-refractivity contribution is 6.30. The smallest absolute Gasteiger partial charge is 0.231 e. The fourth-order valence-corrected chi connectivity index (χ4v) is 3.71. The molecular formula is C20H18ClFN4O. The van der Waals surface area contributed by atoms with Crippen molar-refractivity contribution in [3.63, 3.8) is 0 Å². The summed E-state index contributed by atoms with van der Waals surface area (Å²) in [4.78, 5) is 18.8.